The molecule has 0 bridgehead atoms. The van der Waals surface area contributed by atoms with Crippen molar-refractivity contribution < 1.29 is 5.11 Å². The monoisotopic (exact) mass is 342 g/mol. The Morgan fingerprint density at radius 3 is 2.27 bits per heavy atom. The van der Waals surface area contributed by atoms with E-state index in [2.05, 4.69) is 73.7 Å². The Balaban J connectivity index is 1.75. The molecule has 4 rings (SSSR count). The molecule has 0 heterocycles. The van der Waals surface area contributed by atoms with E-state index in [1.54, 1.807) is 0 Å². The van der Waals surface area contributed by atoms with E-state index in [0.29, 0.717) is 23.5 Å². The Morgan fingerprint density at radius 1 is 0.846 bits per heavy atom. The first-order valence-electron chi connectivity index (χ1n) is 9.67. The van der Waals surface area contributed by atoms with Gasteiger partial charge < -0.3 is 5.11 Å². The molecule has 132 valence electrons. The van der Waals surface area contributed by atoms with Crippen molar-refractivity contribution in [3.8, 4) is 5.75 Å². The van der Waals surface area contributed by atoms with Gasteiger partial charge in [-0.2, -0.15) is 0 Å². The van der Waals surface area contributed by atoms with Crippen molar-refractivity contribution in [1.82, 2.24) is 0 Å². The van der Waals surface area contributed by atoms with E-state index in [1.165, 1.54) is 22.3 Å². The van der Waals surface area contributed by atoms with Gasteiger partial charge in [0.2, 0.25) is 0 Å². The van der Waals surface area contributed by atoms with E-state index in [4.69, 9.17) is 0 Å². The maximum Gasteiger partial charge on any atom is 0.115 e. The first kappa shape index (κ1) is 16.9. The Morgan fingerprint density at radius 2 is 1.54 bits per heavy atom. The maximum atomic E-state index is 9.68. The third-order valence-electron chi connectivity index (χ3n) is 6.02. The van der Waals surface area contributed by atoms with Gasteiger partial charge in [0.15, 0.2) is 0 Å². The molecule has 0 aromatic heterocycles. The van der Waals surface area contributed by atoms with Crippen LogP contribution in [0.15, 0.2) is 78.9 Å². The fourth-order valence-electron chi connectivity index (χ4n) is 4.77. The number of aromatic hydroxyl groups is 1. The highest BCUT2D eigenvalue weighted by Crippen LogP contribution is 2.47. The summed E-state index contributed by atoms with van der Waals surface area (Å²) in [5.41, 5.74) is 5.77. The van der Waals surface area contributed by atoms with Gasteiger partial charge in [-0.3, -0.25) is 0 Å². The fourth-order valence-corrected chi connectivity index (χ4v) is 4.77. The quantitative estimate of drug-likeness (QED) is 0.609. The van der Waals surface area contributed by atoms with Crippen LogP contribution in [-0.2, 0) is 12.8 Å². The normalized spacial score (nSPS) is 22.0. The summed E-state index contributed by atoms with van der Waals surface area (Å²) in [6.45, 7) is 2.32. The second kappa shape index (κ2) is 7.37. The second-order valence-corrected chi connectivity index (χ2v) is 7.47. The van der Waals surface area contributed by atoms with Crippen molar-refractivity contribution in [2.45, 2.75) is 38.0 Å². The Hall–Kier alpha value is -2.54. The number of hydrogen-bond donors (Lipinski definition) is 1. The Labute approximate surface area is 156 Å². The minimum Gasteiger partial charge on any atom is -0.508 e. The van der Waals surface area contributed by atoms with Gasteiger partial charge in [-0.25, -0.2) is 0 Å². The van der Waals surface area contributed by atoms with Crippen LogP contribution in [0.3, 0.4) is 0 Å². The lowest BCUT2D eigenvalue weighted by Gasteiger charge is -2.40. The zero-order valence-corrected chi connectivity index (χ0v) is 15.3. The van der Waals surface area contributed by atoms with Gasteiger partial charge in [0.05, 0.1) is 0 Å². The van der Waals surface area contributed by atoms with E-state index >= 15 is 0 Å². The van der Waals surface area contributed by atoms with Gasteiger partial charge in [-0.1, -0.05) is 80.1 Å². The predicted octanol–water partition coefficient (Wildman–Crippen LogP) is 6.08. The molecule has 0 fully saturated rings. The molecule has 3 unspecified atom stereocenters. The molecule has 1 aliphatic carbocycles. The smallest absolute Gasteiger partial charge is 0.115 e. The van der Waals surface area contributed by atoms with Crippen molar-refractivity contribution in [1.29, 1.82) is 0 Å². The summed E-state index contributed by atoms with van der Waals surface area (Å²) in [7, 11) is 0. The molecule has 3 atom stereocenters. The van der Waals surface area contributed by atoms with Crippen LogP contribution in [0.4, 0.5) is 0 Å². The van der Waals surface area contributed by atoms with E-state index in [9.17, 15) is 5.11 Å². The summed E-state index contributed by atoms with van der Waals surface area (Å²) < 4.78 is 0. The highest BCUT2D eigenvalue weighted by Gasteiger charge is 2.36. The van der Waals surface area contributed by atoms with Crippen molar-refractivity contribution in [2.24, 2.45) is 5.92 Å². The molecular weight excluding hydrogens is 316 g/mol. The van der Waals surface area contributed by atoms with E-state index in [1.807, 2.05) is 12.1 Å². The van der Waals surface area contributed by atoms with Crippen LogP contribution < -0.4 is 0 Å². The van der Waals surface area contributed by atoms with Gasteiger partial charge in [-0.05, 0) is 65.0 Å². The van der Waals surface area contributed by atoms with Gasteiger partial charge in [0, 0.05) is 0 Å². The molecule has 3 aromatic carbocycles. The number of phenols is 1. The average molecular weight is 342 g/mol. The van der Waals surface area contributed by atoms with Crippen LogP contribution in [0.1, 0.15) is 47.4 Å². The molecule has 1 N–H and O–H groups in total. The summed E-state index contributed by atoms with van der Waals surface area (Å²) in [4.78, 5) is 0. The van der Waals surface area contributed by atoms with Crippen molar-refractivity contribution >= 4 is 0 Å². The fraction of sp³-hybridized carbons (Fsp3) is 0.280. The number of phenolic OH excluding ortho intramolecular Hbond substituents is 1. The minimum atomic E-state index is 0.346. The second-order valence-electron chi connectivity index (χ2n) is 7.47. The van der Waals surface area contributed by atoms with Crippen LogP contribution in [0, 0.1) is 5.92 Å². The third kappa shape index (κ3) is 3.26. The topological polar surface area (TPSA) is 20.2 Å². The lowest BCUT2D eigenvalue weighted by Crippen LogP contribution is -2.29. The van der Waals surface area contributed by atoms with Crippen LogP contribution in [0.2, 0.25) is 0 Å². The molecule has 3 aromatic rings. The summed E-state index contributed by atoms with van der Waals surface area (Å²) >= 11 is 0. The lowest BCUT2D eigenvalue weighted by molar-refractivity contribution is 0.312. The number of benzene rings is 3. The van der Waals surface area contributed by atoms with Crippen LogP contribution in [-0.4, -0.2) is 5.11 Å². The predicted molar refractivity (Wildman–Crippen MR) is 108 cm³/mol. The van der Waals surface area contributed by atoms with Crippen molar-refractivity contribution in [2.75, 3.05) is 0 Å². The molecule has 0 amide bonds. The van der Waals surface area contributed by atoms with Gasteiger partial charge in [0.25, 0.3) is 0 Å². The van der Waals surface area contributed by atoms with E-state index in [-0.39, 0.29) is 0 Å². The molecule has 0 spiro atoms. The van der Waals surface area contributed by atoms with Gasteiger partial charge in [-0.15, -0.1) is 0 Å². The van der Waals surface area contributed by atoms with Crippen LogP contribution in [0.5, 0.6) is 5.75 Å². The average Bonchev–Trinajstić information content (AvgIpc) is 2.69. The van der Waals surface area contributed by atoms with Gasteiger partial charge >= 0.3 is 0 Å². The Bertz CT molecular complexity index is 851. The maximum absolute atomic E-state index is 9.68. The van der Waals surface area contributed by atoms with Crippen LogP contribution in [0.25, 0.3) is 0 Å². The van der Waals surface area contributed by atoms with E-state index < -0.39 is 0 Å². The number of fused-ring (bicyclic) bond motifs is 1. The number of hydrogen-bond acceptors (Lipinski definition) is 1. The minimum absolute atomic E-state index is 0.346. The van der Waals surface area contributed by atoms with Crippen molar-refractivity contribution in [3.05, 3.63) is 101 Å². The van der Waals surface area contributed by atoms with E-state index in [0.717, 1.165) is 19.3 Å². The molecule has 1 aliphatic rings. The summed E-state index contributed by atoms with van der Waals surface area (Å²) in [6.07, 6.45) is 3.34. The Kier molecular flexibility index (Phi) is 4.79. The summed E-state index contributed by atoms with van der Waals surface area (Å²) in [5, 5.41) is 9.68. The molecule has 0 saturated heterocycles. The zero-order valence-electron chi connectivity index (χ0n) is 15.3. The first-order chi connectivity index (χ1) is 12.8. The zero-order chi connectivity index (χ0) is 17.9. The molecular formula is C25H26O. The molecule has 0 aliphatic heterocycles. The first-order valence-corrected chi connectivity index (χ1v) is 9.67. The lowest BCUT2D eigenvalue weighted by atomic mass is 9.64. The SMILES string of the molecule is CCC1C(c2ccc(O)cc2)Cc2ccccc2C1Cc1ccccc1. The number of rotatable bonds is 4. The molecule has 26 heavy (non-hydrogen) atoms. The summed E-state index contributed by atoms with van der Waals surface area (Å²) in [6, 6.07) is 27.7. The largest absolute Gasteiger partial charge is 0.508 e. The molecule has 1 heteroatoms. The standard InChI is InChI=1S/C25H26O/c1-2-22-24(19-12-14-21(26)15-13-19)17-20-10-6-7-11-23(20)25(22)16-18-8-4-3-5-9-18/h3-15,22,24-26H,2,16-17H2,1H3. The van der Waals surface area contributed by atoms with Gasteiger partial charge in [0.1, 0.15) is 5.75 Å². The third-order valence-corrected chi connectivity index (χ3v) is 6.02. The van der Waals surface area contributed by atoms with Crippen molar-refractivity contribution in [3.63, 3.8) is 0 Å². The molecule has 0 radical (unpaired) electrons. The molecule has 0 saturated carbocycles. The molecule has 1 nitrogen and oxygen atoms in total. The summed E-state index contributed by atoms with van der Waals surface area (Å²) in [5.74, 6) is 1.99. The highest BCUT2D eigenvalue weighted by molar-refractivity contribution is 5.40. The van der Waals surface area contributed by atoms with Crippen LogP contribution >= 0.6 is 0 Å². The highest BCUT2D eigenvalue weighted by atomic mass is 16.3.